The highest BCUT2D eigenvalue weighted by Gasteiger charge is 2.09. The van der Waals surface area contributed by atoms with Gasteiger partial charge in [0.15, 0.2) is 6.29 Å². The number of para-hydroxylation sites is 1. The average molecular weight is 204 g/mol. The Kier molecular flexibility index (Phi) is 2.28. The number of aldehydes is 1. The van der Waals surface area contributed by atoms with Crippen LogP contribution in [0.2, 0.25) is 0 Å². The average Bonchev–Trinajstić information content (AvgIpc) is 2.66. The number of anilines is 1. The maximum atomic E-state index is 10.7. The molecule has 0 spiro atoms. The fraction of sp³-hybridized carbons (Fsp3) is 0. The monoisotopic (exact) mass is 204 g/mol. The molecule has 14 heavy (non-hydrogen) atoms. The summed E-state index contributed by atoms with van der Waals surface area (Å²) in [5.74, 6) is 0. The first-order valence-electron chi connectivity index (χ1n) is 4.06. The number of rotatable bonds is 2. The molecule has 0 aliphatic heterocycles. The van der Waals surface area contributed by atoms with Crippen molar-refractivity contribution in [3.05, 3.63) is 34.7 Å². The maximum absolute atomic E-state index is 10.7. The minimum absolute atomic E-state index is 0.614. The van der Waals surface area contributed by atoms with E-state index in [1.165, 1.54) is 11.3 Å². The molecule has 0 saturated carbocycles. The molecule has 1 aromatic carbocycles. The first-order valence-corrected chi connectivity index (χ1v) is 4.94. The van der Waals surface area contributed by atoms with E-state index in [0.717, 1.165) is 11.8 Å². The van der Waals surface area contributed by atoms with Crippen LogP contribution < -0.4 is 5.73 Å². The number of benzene rings is 1. The molecule has 1 heterocycles. The zero-order chi connectivity index (χ0) is 9.97. The Labute approximate surface area is 85.2 Å². The van der Waals surface area contributed by atoms with Crippen molar-refractivity contribution in [3.63, 3.8) is 0 Å². The van der Waals surface area contributed by atoms with Crippen LogP contribution in [0, 0.1) is 0 Å². The molecular formula is C10H8N2OS. The fourth-order valence-electron chi connectivity index (χ4n) is 1.25. The Morgan fingerprint density at radius 2 is 2.14 bits per heavy atom. The predicted octanol–water partition coefficient (Wildman–Crippen LogP) is 2.20. The van der Waals surface area contributed by atoms with Crippen LogP contribution >= 0.6 is 11.3 Å². The predicted molar refractivity (Wildman–Crippen MR) is 57.3 cm³/mol. The van der Waals surface area contributed by atoms with Crippen LogP contribution in [0.3, 0.4) is 0 Å². The van der Waals surface area contributed by atoms with E-state index in [9.17, 15) is 4.79 Å². The lowest BCUT2D eigenvalue weighted by Gasteiger charge is -2.01. The summed E-state index contributed by atoms with van der Waals surface area (Å²) in [6, 6.07) is 7.38. The summed E-state index contributed by atoms with van der Waals surface area (Å²) in [6.45, 7) is 0. The minimum atomic E-state index is 0.614. The highest BCUT2D eigenvalue weighted by atomic mass is 32.1. The standard InChI is InChI=1S/C10H8N2OS/c11-8-4-2-1-3-7(8)10-9(5-13)14-6-12-10/h1-6H,11H2. The van der Waals surface area contributed by atoms with Crippen LogP contribution in [-0.4, -0.2) is 11.3 Å². The molecule has 4 heteroatoms. The van der Waals surface area contributed by atoms with Crippen molar-refractivity contribution in [1.29, 1.82) is 0 Å². The van der Waals surface area contributed by atoms with E-state index in [2.05, 4.69) is 4.98 Å². The van der Waals surface area contributed by atoms with Gasteiger partial charge in [0.2, 0.25) is 0 Å². The summed E-state index contributed by atoms with van der Waals surface area (Å²) in [5, 5.41) is 0. The SMILES string of the molecule is Nc1ccccc1-c1ncsc1C=O. The van der Waals surface area contributed by atoms with Crippen molar-refractivity contribution in [1.82, 2.24) is 4.98 Å². The molecule has 0 atom stereocenters. The maximum Gasteiger partial charge on any atom is 0.162 e. The lowest BCUT2D eigenvalue weighted by atomic mass is 10.1. The second-order valence-corrected chi connectivity index (χ2v) is 3.66. The molecular weight excluding hydrogens is 196 g/mol. The third kappa shape index (κ3) is 1.40. The van der Waals surface area contributed by atoms with Gasteiger partial charge in [-0.15, -0.1) is 11.3 Å². The molecule has 0 aliphatic rings. The summed E-state index contributed by atoms with van der Waals surface area (Å²) < 4.78 is 0. The first kappa shape index (κ1) is 8.90. The van der Waals surface area contributed by atoms with Gasteiger partial charge in [0.25, 0.3) is 0 Å². The number of hydrogen-bond donors (Lipinski definition) is 1. The van der Waals surface area contributed by atoms with E-state index in [1.807, 2.05) is 18.2 Å². The molecule has 0 aliphatic carbocycles. The topological polar surface area (TPSA) is 56.0 Å². The number of carbonyl (C=O) groups is 1. The minimum Gasteiger partial charge on any atom is -0.398 e. The smallest absolute Gasteiger partial charge is 0.162 e. The number of nitrogens with two attached hydrogens (primary N) is 1. The summed E-state index contributed by atoms with van der Waals surface area (Å²) in [5.41, 5.74) is 9.55. The van der Waals surface area contributed by atoms with E-state index < -0.39 is 0 Å². The van der Waals surface area contributed by atoms with Crippen molar-refractivity contribution in [2.75, 3.05) is 5.73 Å². The van der Waals surface area contributed by atoms with Gasteiger partial charge in [-0.3, -0.25) is 4.79 Å². The van der Waals surface area contributed by atoms with Gasteiger partial charge in [0.05, 0.1) is 16.1 Å². The quantitative estimate of drug-likeness (QED) is 0.602. The van der Waals surface area contributed by atoms with Crippen molar-refractivity contribution in [2.24, 2.45) is 0 Å². The molecule has 3 nitrogen and oxygen atoms in total. The van der Waals surface area contributed by atoms with Crippen LogP contribution in [-0.2, 0) is 0 Å². The Hall–Kier alpha value is -1.68. The largest absolute Gasteiger partial charge is 0.398 e. The molecule has 1 aromatic heterocycles. The lowest BCUT2D eigenvalue weighted by Crippen LogP contribution is -1.91. The molecule has 0 unspecified atom stereocenters. The van der Waals surface area contributed by atoms with E-state index in [4.69, 9.17) is 5.73 Å². The fourth-order valence-corrected chi connectivity index (χ4v) is 1.86. The molecule has 2 rings (SSSR count). The highest BCUT2D eigenvalue weighted by Crippen LogP contribution is 2.28. The van der Waals surface area contributed by atoms with Crippen LogP contribution in [0.15, 0.2) is 29.8 Å². The Bertz CT molecular complexity index is 465. The number of carbonyl (C=O) groups excluding carboxylic acids is 1. The van der Waals surface area contributed by atoms with Crippen LogP contribution in [0.25, 0.3) is 11.3 Å². The Morgan fingerprint density at radius 3 is 2.86 bits per heavy atom. The number of aromatic nitrogens is 1. The van der Waals surface area contributed by atoms with Crippen molar-refractivity contribution in [2.45, 2.75) is 0 Å². The number of nitrogen functional groups attached to an aromatic ring is 1. The van der Waals surface area contributed by atoms with Crippen LogP contribution in [0.5, 0.6) is 0 Å². The zero-order valence-electron chi connectivity index (χ0n) is 7.31. The van der Waals surface area contributed by atoms with E-state index in [-0.39, 0.29) is 0 Å². The van der Waals surface area contributed by atoms with Gasteiger partial charge >= 0.3 is 0 Å². The molecule has 2 aromatic rings. The number of nitrogens with zero attached hydrogens (tertiary/aromatic N) is 1. The molecule has 0 saturated heterocycles. The third-order valence-electron chi connectivity index (χ3n) is 1.92. The molecule has 2 N–H and O–H groups in total. The lowest BCUT2D eigenvalue weighted by molar-refractivity contribution is 0.112. The molecule has 70 valence electrons. The van der Waals surface area contributed by atoms with Crippen molar-refractivity contribution >= 4 is 23.3 Å². The van der Waals surface area contributed by atoms with Crippen molar-refractivity contribution < 1.29 is 4.79 Å². The van der Waals surface area contributed by atoms with E-state index >= 15 is 0 Å². The zero-order valence-corrected chi connectivity index (χ0v) is 8.12. The van der Waals surface area contributed by atoms with Crippen LogP contribution in [0.4, 0.5) is 5.69 Å². The summed E-state index contributed by atoms with van der Waals surface area (Å²) in [4.78, 5) is 15.4. The van der Waals surface area contributed by atoms with Gasteiger partial charge < -0.3 is 5.73 Å². The third-order valence-corrected chi connectivity index (χ3v) is 2.67. The van der Waals surface area contributed by atoms with Gasteiger partial charge in [-0.25, -0.2) is 4.98 Å². The van der Waals surface area contributed by atoms with Gasteiger partial charge in [-0.1, -0.05) is 18.2 Å². The molecule has 0 radical (unpaired) electrons. The van der Waals surface area contributed by atoms with Gasteiger partial charge in [-0.2, -0.15) is 0 Å². The molecule has 0 bridgehead atoms. The van der Waals surface area contributed by atoms with Crippen LogP contribution in [0.1, 0.15) is 9.67 Å². The first-order chi connectivity index (χ1) is 6.83. The Balaban J connectivity index is 2.60. The molecule has 0 fully saturated rings. The van der Waals surface area contributed by atoms with Gasteiger partial charge in [0, 0.05) is 11.3 Å². The van der Waals surface area contributed by atoms with Crippen molar-refractivity contribution in [3.8, 4) is 11.3 Å². The number of hydrogen-bond acceptors (Lipinski definition) is 4. The Morgan fingerprint density at radius 1 is 1.36 bits per heavy atom. The van der Waals surface area contributed by atoms with E-state index in [1.54, 1.807) is 11.6 Å². The van der Waals surface area contributed by atoms with E-state index in [0.29, 0.717) is 16.3 Å². The van der Waals surface area contributed by atoms with Gasteiger partial charge in [0.1, 0.15) is 0 Å². The summed E-state index contributed by atoms with van der Waals surface area (Å²) in [7, 11) is 0. The normalized spacial score (nSPS) is 10.0. The summed E-state index contributed by atoms with van der Waals surface area (Å²) in [6.07, 6.45) is 0.805. The summed E-state index contributed by atoms with van der Waals surface area (Å²) >= 11 is 1.32. The highest BCUT2D eigenvalue weighted by molar-refractivity contribution is 7.11. The number of thiazole rings is 1. The second-order valence-electron chi connectivity index (χ2n) is 2.77. The second kappa shape index (κ2) is 3.59. The van der Waals surface area contributed by atoms with Gasteiger partial charge in [-0.05, 0) is 6.07 Å². The molecule has 0 amide bonds.